The molecule has 0 bridgehead atoms. The maximum Gasteiger partial charge on any atom is 0.232 e. The second-order valence-corrected chi connectivity index (χ2v) is 9.48. The zero-order valence-electron chi connectivity index (χ0n) is 16.0. The summed E-state index contributed by atoms with van der Waals surface area (Å²) >= 11 is 0. The van der Waals surface area contributed by atoms with Crippen molar-refractivity contribution in [3.05, 3.63) is 60.2 Å². The summed E-state index contributed by atoms with van der Waals surface area (Å²) in [6.45, 7) is 4.82. The number of sulfonamides is 1. The van der Waals surface area contributed by atoms with E-state index in [4.69, 9.17) is 0 Å². The van der Waals surface area contributed by atoms with Gasteiger partial charge in [0.1, 0.15) is 0 Å². The zero-order valence-corrected chi connectivity index (χ0v) is 16.8. The summed E-state index contributed by atoms with van der Waals surface area (Å²) in [5.74, 6) is 0.0211. The van der Waals surface area contributed by atoms with Gasteiger partial charge in [0.25, 0.3) is 0 Å². The number of likely N-dealkylation sites (tertiary alicyclic amines) is 1. The number of hydrogen-bond acceptors (Lipinski definition) is 3. The molecule has 0 aliphatic carbocycles. The Morgan fingerprint density at radius 1 is 1.04 bits per heavy atom. The molecule has 1 saturated heterocycles. The highest BCUT2D eigenvalue weighted by atomic mass is 32.2. The van der Waals surface area contributed by atoms with Gasteiger partial charge in [-0.05, 0) is 37.0 Å². The standard InChI is InChI=1S/C21H26N2O3S/c1-21(2,20(24)23-14-13-19(15-23)22-27(3,25)26)18-11-9-17(10-12-18)16-7-5-4-6-8-16/h4-12,19,22H,13-15H2,1-3H3. The molecule has 1 aliphatic rings. The molecule has 1 aliphatic heterocycles. The molecule has 1 fully saturated rings. The Labute approximate surface area is 161 Å². The van der Waals surface area contributed by atoms with Crippen molar-refractivity contribution >= 4 is 15.9 Å². The minimum Gasteiger partial charge on any atom is -0.340 e. The second-order valence-electron chi connectivity index (χ2n) is 7.70. The van der Waals surface area contributed by atoms with E-state index in [1.165, 1.54) is 0 Å². The Morgan fingerprint density at radius 2 is 1.63 bits per heavy atom. The average Bonchev–Trinajstić information content (AvgIpc) is 3.08. The van der Waals surface area contributed by atoms with E-state index in [1.807, 2.05) is 56.3 Å². The van der Waals surface area contributed by atoms with Crippen LogP contribution in [0.15, 0.2) is 54.6 Å². The molecule has 144 valence electrons. The smallest absolute Gasteiger partial charge is 0.232 e. The predicted octanol–water partition coefficient (Wildman–Crippen LogP) is 2.78. The zero-order chi connectivity index (χ0) is 19.7. The third-order valence-corrected chi connectivity index (χ3v) is 5.87. The van der Waals surface area contributed by atoms with Crippen LogP contribution in [0, 0.1) is 0 Å². The lowest BCUT2D eigenvalue weighted by Crippen LogP contribution is -2.44. The quantitative estimate of drug-likeness (QED) is 0.859. The van der Waals surface area contributed by atoms with Crippen LogP contribution < -0.4 is 4.72 Å². The molecule has 0 aromatic heterocycles. The first-order valence-corrected chi connectivity index (χ1v) is 11.0. The maximum atomic E-state index is 13.1. The first-order valence-electron chi connectivity index (χ1n) is 9.09. The molecule has 6 heteroatoms. The van der Waals surface area contributed by atoms with Gasteiger partial charge in [-0.2, -0.15) is 0 Å². The molecule has 1 heterocycles. The third kappa shape index (κ3) is 4.57. The van der Waals surface area contributed by atoms with E-state index in [0.717, 1.165) is 22.9 Å². The van der Waals surface area contributed by atoms with Crippen LogP contribution in [0.3, 0.4) is 0 Å². The fourth-order valence-corrected chi connectivity index (χ4v) is 4.37. The molecule has 2 aromatic carbocycles. The molecule has 2 aromatic rings. The van der Waals surface area contributed by atoms with Gasteiger partial charge in [-0.1, -0.05) is 54.6 Å². The Hall–Kier alpha value is -2.18. The molecule has 1 amide bonds. The van der Waals surface area contributed by atoms with Gasteiger partial charge in [-0.3, -0.25) is 4.79 Å². The largest absolute Gasteiger partial charge is 0.340 e. The number of carbonyl (C=O) groups excluding carboxylic acids is 1. The minimum atomic E-state index is -3.26. The molecule has 1 unspecified atom stereocenters. The van der Waals surface area contributed by atoms with Gasteiger partial charge in [-0.25, -0.2) is 13.1 Å². The van der Waals surface area contributed by atoms with Gasteiger partial charge in [-0.15, -0.1) is 0 Å². The van der Waals surface area contributed by atoms with Crippen molar-refractivity contribution < 1.29 is 13.2 Å². The Balaban J connectivity index is 1.73. The van der Waals surface area contributed by atoms with E-state index in [9.17, 15) is 13.2 Å². The van der Waals surface area contributed by atoms with Gasteiger partial charge in [0.05, 0.1) is 11.7 Å². The van der Waals surface area contributed by atoms with Crippen molar-refractivity contribution in [2.45, 2.75) is 31.7 Å². The number of rotatable bonds is 5. The summed E-state index contributed by atoms with van der Waals surface area (Å²) in [4.78, 5) is 14.8. The predicted molar refractivity (Wildman–Crippen MR) is 108 cm³/mol. The average molecular weight is 387 g/mol. The first kappa shape index (κ1) is 19.6. The SMILES string of the molecule is CC(C)(C(=O)N1CCC(NS(C)(=O)=O)C1)c1ccc(-c2ccccc2)cc1. The topological polar surface area (TPSA) is 66.5 Å². The second kappa shape index (κ2) is 7.44. The van der Waals surface area contributed by atoms with E-state index >= 15 is 0 Å². The first-order chi connectivity index (χ1) is 12.7. The highest BCUT2D eigenvalue weighted by Gasteiger charge is 2.37. The molecule has 0 radical (unpaired) electrons. The molecule has 1 atom stereocenters. The number of benzene rings is 2. The van der Waals surface area contributed by atoms with Gasteiger partial charge in [0.2, 0.25) is 15.9 Å². The van der Waals surface area contributed by atoms with Crippen molar-refractivity contribution in [2.24, 2.45) is 0 Å². The maximum absolute atomic E-state index is 13.1. The van der Waals surface area contributed by atoms with E-state index in [0.29, 0.717) is 19.5 Å². The van der Waals surface area contributed by atoms with Crippen molar-refractivity contribution in [3.63, 3.8) is 0 Å². The van der Waals surface area contributed by atoms with Crippen LogP contribution >= 0.6 is 0 Å². The van der Waals surface area contributed by atoms with E-state index < -0.39 is 15.4 Å². The van der Waals surface area contributed by atoms with Crippen LogP contribution in [0.2, 0.25) is 0 Å². The molecule has 0 spiro atoms. The number of carbonyl (C=O) groups is 1. The molecular formula is C21H26N2O3S. The number of nitrogens with zero attached hydrogens (tertiary/aromatic N) is 1. The third-order valence-electron chi connectivity index (χ3n) is 5.10. The van der Waals surface area contributed by atoms with Gasteiger partial charge >= 0.3 is 0 Å². The Morgan fingerprint density at radius 3 is 2.22 bits per heavy atom. The number of nitrogens with one attached hydrogen (secondary N) is 1. The van der Waals surface area contributed by atoms with E-state index in [2.05, 4.69) is 16.9 Å². The van der Waals surface area contributed by atoms with Crippen molar-refractivity contribution in [3.8, 4) is 11.1 Å². The molecular weight excluding hydrogens is 360 g/mol. The van der Waals surface area contributed by atoms with Crippen molar-refractivity contribution in [2.75, 3.05) is 19.3 Å². The fourth-order valence-electron chi connectivity index (χ4n) is 3.57. The molecule has 0 saturated carbocycles. The molecule has 27 heavy (non-hydrogen) atoms. The summed E-state index contributed by atoms with van der Waals surface area (Å²) in [5, 5.41) is 0. The van der Waals surface area contributed by atoms with E-state index in [1.54, 1.807) is 4.90 Å². The summed E-state index contributed by atoms with van der Waals surface area (Å²) in [7, 11) is -3.26. The highest BCUT2D eigenvalue weighted by molar-refractivity contribution is 7.88. The molecule has 5 nitrogen and oxygen atoms in total. The lowest BCUT2D eigenvalue weighted by molar-refractivity contribution is -0.135. The van der Waals surface area contributed by atoms with Gasteiger partial charge in [0, 0.05) is 19.1 Å². The van der Waals surface area contributed by atoms with Crippen LogP contribution in [0.1, 0.15) is 25.8 Å². The summed E-state index contributed by atoms with van der Waals surface area (Å²) in [6.07, 6.45) is 1.79. The van der Waals surface area contributed by atoms with E-state index in [-0.39, 0.29) is 11.9 Å². The minimum absolute atomic E-state index is 0.0211. The summed E-state index contributed by atoms with van der Waals surface area (Å²) < 4.78 is 25.4. The van der Waals surface area contributed by atoms with Crippen LogP contribution in [0.25, 0.3) is 11.1 Å². The molecule has 3 rings (SSSR count). The van der Waals surface area contributed by atoms with Gasteiger partial charge in [0.15, 0.2) is 0 Å². The lowest BCUT2D eigenvalue weighted by Gasteiger charge is -2.30. The Kier molecular flexibility index (Phi) is 5.40. The van der Waals surface area contributed by atoms with Crippen LogP contribution in [-0.4, -0.2) is 44.6 Å². The Bertz CT molecular complexity index is 906. The normalized spacial score (nSPS) is 17.9. The summed E-state index contributed by atoms with van der Waals surface area (Å²) in [6, 6.07) is 18.0. The highest BCUT2D eigenvalue weighted by Crippen LogP contribution is 2.29. The fraction of sp³-hybridized carbons (Fsp3) is 0.381. The monoisotopic (exact) mass is 386 g/mol. The van der Waals surface area contributed by atoms with Crippen LogP contribution in [0.5, 0.6) is 0 Å². The van der Waals surface area contributed by atoms with Crippen molar-refractivity contribution in [1.82, 2.24) is 9.62 Å². The molecule has 1 N–H and O–H groups in total. The van der Waals surface area contributed by atoms with Crippen molar-refractivity contribution in [1.29, 1.82) is 0 Å². The summed E-state index contributed by atoms with van der Waals surface area (Å²) in [5.41, 5.74) is 2.53. The number of hydrogen-bond donors (Lipinski definition) is 1. The number of amides is 1. The lowest BCUT2D eigenvalue weighted by atomic mass is 9.82. The van der Waals surface area contributed by atoms with Crippen LogP contribution in [-0.2, 0) is 20.2 Å². The van der Waals surface area contributed by atoms with Crippen LogP contribution in [0.4, 0.5) is 0 Å². The van der Waals surface area contributed by atoms with Gasteiger partial charge < -0.3 is 4.90 Å².